The van der Waals surface area contributed by atoms with Crippen LogP contribution < -0.4 is 0 Å². The molecule has 0 amide bonds. The summed E-state index contributed by atoms with van der Waals surface area (Å²) in [5.74, 6) is 1.42. The van der Waals surface area contributed by atoms with Crippen LogP contribution in [-0.4, -0.2) is 26.3 Å². The van der Waals surface area contributed by atoms with Gasteiger partial charge in [0, 0.05) is 19.1 Å². The second kappa shape index (κ2) is 13.1. The lowest BCUT2D eigenvalue weighted by molar-refractivity contribution is -0.107. The summed E-state index contributed by atoms with van der Waals surface area (Å²) < 4.78 is 16.5. The molecular formula is C18H30O4. The number of aldehydes is 1. The minimum Gasteiger partial charge on any atom is -0.494 e. The lowest BCUT2D eigenvalue weighted by atomic mass is 9.99. The maximum atomic E-state index is 10.6. The van der Waals surface area contributed by atoms with Gasteiger partial charge in [0.05, 0.1) is 6.61 Å². The highest BCUT2D eigenvalue weighted by atomic mass is 16.7. The number of hydrogen-bond acceptors (Lipinski definition) is 4. The zero-order chi connectivity index (χ0) is 16.8. The third kappa shape index (κ3) is 9.40. The van der Waals surface area contributed by atoms with E-state index < -0.39 is 0 Å². The van der Waals surface area contributed by atoms with Gasteiger partial charge >= 0.3 is 0 Å². The Bertz CT molecular complexity index is 381. The van der Waals surface area contributed by atoms with Crippen LogP contribution in [0.15, 0.2) is 35.8 Å². The van der Waals surface area contributed by atoms with Crippen LogP contribution in [0.3, 0.4) is 0 Å². The highest BCUT2D eigenvalue weighted by Gasteiger charge is 2.12. The average Bonchev–Trinajstić information content (AvgIpc) is 2.47. The molecule has 4 heteroatoms. The SMILES string of the molecule is C=C(/C=C(OCOCC)\C(=C/CC=O)C(C)C)OCCCC. The molecule has 0 spiro atoms. The third-order valence-electron chi connectivity index (χ3n) is 2.92. The summed E-state index contributed by atoms with van der Waals surface area (Å²) in [5, 5.41) is 0. The van der Waals surface area contributed by atoms with E-state index in [9.17, 15) is 4.79 Å². The molecule has 0 saturated heterocycles. The number of hydrogen-bond donors (Lipinski definition) is 0. The van der Waals surface area contributed by atoms with Gasteiger partial charge in [-0.05, 0) is 24.8 Å². The zero-order valence-electron chi connectivity index (χ0n) is 14.4. The molecule has 0 saturated carbocycles. The van der Waals surface area contributed by atoms with Crippen LogP contribution in [0.1, 0.15) is 47.0 Å². The van der Waals surface area contributed by atoms with Crippen LogP contribution in [-0.2, 0) is 19.0 Å². The van der Waals surface area contributed by atoms with Crippen molar-refractivity contribution < 1.29 is 19.0 Å². The van der Waals surface area contributed by atoms with Gasteiger partial charge in [0.1, 0.15) is 17.8 Å². The van der Waals surface area contributed by atoms with Crippen molar-refractivity contribution in [3.8, 4) is 0 Å². The van der Waals surface area contributed by atoms with Crippen molar-refractivity contribution in [2.75, 3.05) is 20.0 Å². The molecule has 0 rings (SSSR count). The summed E-state index contributed by atoms with van der Waals surface area (Å²) in [4.78, 5) is 10.6. The van der Waals surface area contributed by atoms with Crippen LogP contribution in [0, 0.1) is 5.92 Å². The van der Waals surface area contributed by atoms with Gasteiger partial charge in [-0.2, -0.15) is 0 Å². The van der Waals surface area contributed by atoms with Crippen LogP contribution in [0.2, 0.25) is 0 Å². The standard InChI is InChI=1S/C18H30O4/c1-6-8-12-21-16(5)13-18(22-14-20-7-2)17(15(3)4)10-9-11-19/h10-11,13,15H,5-9,12,14H2,1-4H3/b17-10-,18-13+. The lowest BCUT2D eigenvalue weighted by Gasteiger charge is -2.17. The second-order valence-corrected chi connectivity index (χ2v) is 5.15. The largest absolute Gasteiger partial charge is 0.494 e. The Hall–Kier alpha value is -1.55. The Balaban J connectivity index is 5.04. The Kier molecular flexibility index (Phi) is 12.2. The molecule has 0 aliphatic heterocycles. The first-order chi connectivity index (χ1) is 10.6. The number of unbranched alkanes of at least 4 members (excludes halogenated alkanes) is 1. The molecule has 126 valence electrons. The summed E-state index contributed by atoms with van der Waals surface area (Å²) in [5.41, 5.74) is 0.951. The molecule has 0 aromatic carbocycles. The van der Waals surface area contributed by atoms with Gasteiger partial charge in [-0.1, -0.05) is 39.8 Å². The van der Waals surface area contributed by atoms with Crippen molar-refractivity contribution in [3.63, 3.8) is 0 Å². The Morgan fingerprint density at radius 2 is 1.95 bits per heavy atom. The van der Waals surface area contributed by atoms with Gasteiger partial charge in [0.25, 0.3) is 0 Å². The summed E-state index contributed by atoms with van der Waals surface area (Å²) in [6.45, 7) is 13.4. The number of rotatable bonds is 13. The predicted molar refractivity (Wildman–Crippen MR) is 89.3 cm³/mol. The lowest BCUT2D eigenvalue weighted by Crippen LogP contribution is -2.07. The molecule has 0 bridgehead atoms. The first kappa shape index (κ1) is 20.5. The summed E-state index contributed by atoms with van der Waals surface area (Å²) in [6, 6.07) is 0. The number of ether oxygens (including phenoxy) is 3. The van der Waals surface area contributed by atoms with Crippen molar-refractivity contribution >= 4 is 6.29 Å². The van der Waals surface area contributed by atoms with E-state index in [-0.39, 0.29) is 12.7 Å². The first-order valence-electron chi connectivity index (χ1n) is 7.94. The molecule has 0 atom stereocenters. The molecule has 0 fully saturated rings. The molecule has 0 radical (unpaired) electrons. The minimum absolute atomic E-state index is 0.162. The molecule has 0 unspecified atom stereocenters. The van der Waals surface area contributed by atoms with Gasteiger partial charge in [-0.25, -0.2) is 0 Å². The smallest absolute Gasteiger partial charge is 0.189 e. The number of allylic oxidation sites excluding steroid dienone is 3. The normalized spacial score (nSPS) is 12.4. The van der Waals surface area contributed by atoms with Crippen LogP contribution in [0.4, 0.5) is 0 Å². The maximum absolute atomic E-state index is 10.6. The van der Waals surface area contributed by atoms with Crippen molar-refractivity contribution in [2.24, 2.45) is 5.92 Å². The first-order valence-corrected chi connectivity index (χ1v) is 7.94. The number of carbonyl (C=O) groups is 1. The van der Waals surface area contributed by atoms with Gasteiger partial charge in [0.15, 0.2) is 6.79 Å². The molecule has 0 aromatic rings. The number of carbonyl (C=O) groups excluding carboxylic acids is 1. The maximum Gasteiger partial charge on any atom is 0.189 e. The van der Waals surface area contributed by atoms with Gasteiger partial charge in [-0.3, -0.25) is 0 Å². The fourth-order valence-electron chi connectivity index (χ4n) is 1.73. The summed E-state index contributed by atoms with van der Waals surface area (Å²) in [7, 11) is 0. The molecular weight excluding hydrogens is 280 g/mol. The quantitative estimate of drug-likeness (QED) is 0.166. The molecule has 0 aliphatic carbocycles. The van der Waals surface area contributed by atoms with E-state index in [0.717, 1.165) is 24.7 Å². The van der Waals surface area contributed by atoms with E-state index in [1.54, 1.807) is 6.08 Å². The molecule has 4 nitrogen and oxygen atoms in total. The topological polar surface area (TPSA) is 44.8 Å². The molecule has 0 N–H and O–H groups in total. The highest BCUT2D eigenvalue weighted by Crippen LogP contribution is 2.23. The Morgan fingerprint density at radius 1 is 1.23 bits per heavy atom. The van der Waals surface area contributed by atoms with Crippen molar-refractivity contribution in [3.05, 3.63) is 35.8 Å². The van der Waals surface area contributed by atoms with Gasteiger partial charge in [-0.15, -0.1) is 0 Å². The van der Waals surface area contributed by atoms with E-state index in [2.05, 4.69) is 27.4 Å². The highest BCUT2D eigenvalue weighted by molar-refractivity contribution is 5.53. The fourth-order valence-corrected chi connectivity index (χ4v) is 1.73. The second-order valence-electron chi connectivity index (χ2n) is 5.15. The van der Waals surface area contributed by atoms with E-state index in [4.69, 9.17) is 14.2 Å². The van der Waals surface area contributed by atoms with E-state index in [1.807, 2.05) is 13.0 Å². The molecule has 0 aromatic heterocycles. The van der Waals surface area contributed by atoms with Crippen LogP contribution >= 0.6 is 0 Å². The fraction of sp³-hybridized carbons (Fsp3) is 0.611. The predicted octanol–water partition coefficient (Wildman–Crippen LogP) is 4.38. The van der Waals surface area contributed by atoms with Crippen molar-refractivity contribution in [2.45, 2.75) is 47.0 Å². The Labute approximate surface area is 134 Å². The Morgan fingerprint density at radius 3 is 2.50 bits per heavy atom. The van der Waals surface area contributed by atoms with Crippen LogP contribution in [0.25, 0.3) is 0 Å². The van der Waals surface area contributed by atoms with Crippen molar-refractivity contribution in [1.82, 2.24) is 0 Å². The average molecular weight is 310 g/mol. The molecule has 22 heavy (non-hydrogen) atoms. The molecule has 0 aliphatic rings. The van der Waals surface area contributed by atoms with E-state index >= 15 is 0 Å². The summed E-state index contributed by atoms with van der Waals surface area (Å²) >= 11 is 0. The zero-order valence-corrected chi connectivity index (χ0v) is 14.4. The van der Waals surface area contributed by atoms with Crippen molar-refractivity contribution in [1.29, 1.82) is 0 Å². The monoisotopic (exact) mass is 310 g/mol. The minimum atomic E-state index is 0.162. The van der Waals surface area contributed by atoms with Gasteiger partial charge < -0.3 is 19.0 Å². The third-order valence-corrected chi connectivity index (χ3v) is 2.92. The van der Waals surface area contributed by atoms with E-state index in [0.29, 0.717) is 31.2 Å². The summed E-state index contributed by atoms with van der Waals surface area (Å²) in [6.07, 6.45) is 6.92. The van der Waals surface area contributed by atoms with Gasteiger partial charge in [0.2, 0.25) is 0 Å². The van der Waals surface area contributed by atoms with E-state index in [1.165, 1.54) is 0 Å². The van der Waals surface area contributed by atoms with Crippen LogP contribution in [0.5, 0.6) is 0 Å². The molecule has 0 heterocycles.